The Hall–Kier alpha value is -1.26. The zero-order chi connectivity index (χ0) is 13.2. The molecule has 4 nitrogen and oxygen atoms in total. The minimum atomic E-state index is -0.141. The van der Waals surface area contributed by atoms with E-state index in [4.69, 9.17) is 17.3 Å². The van der Waals surface area contributed by atoms with E-state index in [0.29, 0.717) is 24.7 Å². The van der Waals surface area contributed by atoms with Crippen molar-refractivity contribution in [2.24, 2.45) is 5.73 Å². The van der Waals surface area contributed by atoms with Crippen molar-refractivity contribution in [1.82, 2.24) is 10.6 Å². The lowest BCUT2D eigenvalue weighted by Crippen LogP contribution is -2.35. The number of carbonyl (C=O) groups is 1. The Morgan fingerprint density at radius 2 is 1.83 bits per heavy atom. The van der Waals surface area contributed by atoms with Crippen LogP contribution in [0.15, 0.2) is 24.3 Å². The summed E-state index contributed by atoms with van der Waals surface area (Å²) in [6.07, 6.45) is 3.02. The van der Waals surface area contributed by atoms with Crippen molar-refractivity contribution < 1.29 is 4.79 Å². The predicted octanol–water partition coefficient (Wildman–Crippen LogP) is 2.27. The van der Waals surface area contributed by atoms with Crippen molar-refractivity contribution in [2.45, 2.75) is 25.8 Å². The molecule has 4 N–H and O–H groups in total. The largest absolute Gasteiger partial charge is 0.338 e. The molecule has 0 aliphatic carbocycles. The van der Waals surface area contributed by atoms with Gasteiger partial charge in [0.05, 0.1) is 0 Å². The van der Waals surface area contributed by atoms with E-state index in [1.807, 2.05) is 24.3 Å². The van der Waals surface area contributed by atoms with Gasteiger partial charge in [-0.15, -0.1) is 0 Å². The predicted molar refractivity (Wildman–Crippen MR) is 74.6 cm³/mol. The van der Waals surface area contributed by atoms with E-state index in [1.54, 1.807) is 0 Å². The molecule has 18 heavy (non-hydrogen) atoms. The molecule has 0 bridgehead atoms. The number of hydrogen-bond donors (Lipinski definition) is 3. The molecule has 0 aromatic heterocycles. The number of rotatable bonds is 7. The fraction of sp³-hybridized carbons (Fsp3) is 0.462. The molecule has 0 spiro atoms. The van der Waals surface area contributed by atoms with Crippen LogP contribution in [0.25, 0.3) is 0 Å². The van der Waals surface area contributed by atoms with Crippen LogP contribution in [0.3, 0.4) is 0 Å². The summed E-state index contributed by atoms with van der Waals surface area (Å²) in [5.41, 5.74) is 6.41. The number of nitrogens with one attached hydrogen (secondary N) is 2. The molecule has 0 saturated carbocycles. The number of amides is 2. The van der Waals surface area contributed by atoms with Gasteiger partial charge in [-0.3, -0.25) is 0 Å². The first-order valence-electron chi connectivity index (χ1n) is 6.18. The summed E-state index contributed by atoms with van der Waals surface area (Å²) in [5, 5.41) is 6.30. The average molecular weight is 270 g/mol. The second kappa shape index (κ2) is 8.78. The van der Waals surface area contributed by atoms with E-state index < -0.39 is 0 Å². The van der Waals surface area contributed by atoms with Crippen LogP contribution in [0.1, 0.15) is 24.8 Å². The third kappa shape index (κ3) is 6.47. The molecule has 5 heteroatoms. The zero-order valence-corrected chi connectivity index (χ0v) is 11.2. The molecule has 0 saturated heterocycles. The number of nitrogens with two attached hydrogens (primary N) is 1. The number of halogens is 1. The van der Waals surface area contributed by atoms with E-state index in [2.05, 4.69) is 10.6 Å². The van der Waals surface area contributed by atoms with Crippen LogP contribution in [0.4, 0.5) is 4.79 Å². The molecule has 1 rings (SSSR count). The molecule has 2 amide bonds. The second-order valence-electron chi connectivity index (χ2n) is 4.09. The van der Waals surface area contributed by atoms with Gasteiger partial charge in [0, 0.05) is 18.1 Å². The highest BCUT2D eigenvalue weighted by Gasteiger charge is 1.99. The molecule has 0 aliphatic heterocycles. The lowest BCUT2D eigenvalue weighted by atomic mass is 10.2. The number of hydrogen-bond acceptors (Lipinski definition) is 2. The first kappa shape index (κ1) is 14.8. The van der Waals surface area contributed by atoms with Crippen LogP contribution < -0.4 is 16.4 Å². The van der Waals surface area contributed by atoms with Gasteiger partial charge < -0.3 is 16.4 Å². The molecular weight excluding hydrogens is 250 g/mol. The van der Waals surface area contributed by atoms with Gasteiger partial charge in [-0.2, -0.15) is 0 Å². The molecule has 100 valence electrons. The summed E-state index contributed by atoms with van der Waals surface area (Å²) < 4.78 is 0. The van der Waals surface area contributed by atoms with E-state index in [1.165, 1.54) is 0 Å². The SMILES string of the molecule is NCCCCCNC(=O)NCc1ccc(Cl)cc1. The Labute approximate surface area is 113 Å². The van der Waals surface area contributed by atoms with Gasteiger partial charge in [-0.1, -0.05) is 30.2 Å². The van der Waals surface area contributed by atoms with Crippen molar-refractivity contribution >= 4 is 17.6 Å². The standard InChI is InChI=1S/C13H20ClN3O/c14-12-6-4-11(5-7-12)10-17-13(18)16-9-3-1-2-8-15/h4-7H,1-3,8-10,15H2,(H2,16,17,18). The number of urea groups is 1. The third-order valence-electron chi connectivity index (χ3n) is 2.53. The fourth-order valence-corrected chi connectivity index (χ4v) is 1.62. The maximum absolute atomic E-state index is 11.4. The summed E-state index contributed by atoms with van der Waals surface area (Å²) in [7, 11) is 0. The molecule has 0 aliphatic rings. The topological polar surface area (TPSA) is 67.1 Å². The Bertz CT molecular complexity index is 354. The average Bonchev–Trinajstić information content (AvgIpc) is 2.38. The van der Waals surface area contributed by atoms with Gasteiger partial charge in [0.1, 0.15) is 0 Å². The highest BCUT2D eigenvalue weighted by molar-refractivity contribution is 6.30. The van der Waals surface area contributed by atoms with Crippen molar-refractivity contribution in [2.75, 3.05) is 13.1 Å². The van der Waals surface area contributed by atoms with E-state index in [-0.39, 0.29) is 6.03 Å². The molecule has 0 radical (unpaired) electrons. The van der Waals surface area contributed by atoms with Crippen molar-refractivity contribution in [1.29, 1.82) is 0 Å². The summed E-state index contributed by atoms with van der Waals surface area (Å²) in [6.45, 7) is 1.90. The maximum atomic E-state index is 11.4. The Kier molecular flexibility index (Phi) is 7.22. The van der Waals surface area contributed by atoms with Gasteiger partial charge >= 0.3 is 6.03 Å². The van der Waals surface area contributed by atoms with E-state index in [0.717, 1.165) is 24.8 Å². The van der Waals surface area contributed by atoms with Gasteiger partial charge in [0.15, 0.2) is 0 Å². The van der Waals surface area contributed by atoms with Crippen LogP contribution >= 0.6 is 11.6 Å². The van der Waals surface area contributed by atoms with Gasteiger partial charge in [-0.05, 0) is 37.1 Å². The van der Waals surface area contributed by atoms with Crippen molar-refractivity contribution in [3.8, 4) is 0 Å². The molecule has 1 aromatic rings. The van der Waals surface area contributed by atoms with Crippen molar-refractivity contribution in [3.63, 3.8) is 0 Å². The fourth-order valence-electron chi connectivity index (χ4n) is 1.50. The summed E-state index contributed by atoms with van der Waals surface area (Å²) >= 11 is 5.78. The number of benzene rings is 1. The summed E-state index contributed by atoms with van der Waals surface area (Å²) in [5.74, 6) is 0. The first-order valence-corrected chi connectivity index (χ1v) is 6.56. The maximum Gasteiger partial charge on any atom is 0.315 e. The minimum Gasteiger partial charge on any atom is -0.338 e. The van der Waals surface area contributed by atoms with Crippen LogP contribution in [0.2, 0.25) is 5.02 Å². The molecule has 0 unspecified atom stereocenters. The second-order valence-corrected chi connectivity index (χ2v) is 4.52. The first-order chi connectivity index (χ1) is 8.72. The lowest BCUT2D eigenvalue weighted by Gasteiger charge is -2.07. The number of unbranched alkanes of at least 4 members (excludes halogenated alkanes) is 2. The summed E-state index contributed by atoms with van der Waals surface area (Å²) in [6, 6.07) is 7.26. The molecule has 0 heterocycles. The van der Waals surface area contributed by atoms with Crippen molar-refractivity contribution in [3.05, 3.63) is 34.9 Å². The highest BCUT2D eigenvalue weighted by atomic mass is 35.5. The summed E-state index contributed by atoms with van der Waals surface area (Å²) in [4.78, 5) is 11.4. The number of carbonyl (C=O) groups excluding carboxylic acids is 1. The molecule has 0 fully saturated rings. The van der Waals surface area contributed by atoms with Gasteiger partial charge in [0.2, 0.25) is 0 Å². The third-order valence-corrected chi connectivity index (χ3v) is 2.78. The van der Waals surface area contributed by atoms with Crippen LogP contribution in [0.5, 0.6) is 0 Å². The quantitative estimate of drug-likeness (QED) is 0.665. The zero-order valence-electron chi connectivity index (χ0n) is 10.4. The van der Waals surface area contributed by atoms with Crippen LogP contribution in [-0.2, 0) is 6.54 Å². The van der Waals surface area contributed by atoms with Gasteiger partial charge in [0.25, 0.3) is 0 Å². The normalized spacial score (nSPS) is 10.1. The monoisotopic (exact) mass is 269 g/mol. The lowest BCUT2D eigenvalue weighted by molar-refractivity contribution is 0.240. The highest BCUT2D eigenvalue weighted by Crippen LogP contribution is 2.08. The van der Waals surface area contributed by atoms with Crippen LogP contribution in [-0.4, -0.2) is 19.1 Å². The molecule has 0 atom stereocenters. The molecular formula is C13H20ClN3O. The Balaban J connectivity index is 2.11. The van der Waals surface area contributed by atoms with E-state index >= 15 is 0 Å². The minimum absolute atomic E-state index is 0.141. The van der Waals surface area contributed by atoms with Gasteiger partial charge in [-0.25, -0.2) is 4.79 Å². The Morgan fingerprint density at radius 3 is 2.50 bits per heavy atom. The molecule has 1 aromatic carbocycles. The van der Waals surface area contributed by atoms with E-state index in [9.17, 15) is 4.79 Å². The smallest absolute Gasteiger partial charge is 0.315 e. The van der Waals surface area contributed by atoms with Crippen LogP contribution in [0, 0.1) is 0 Å². The Morgan fingerprint density at radius 1 is 1.11 bits per heavy atom.